The summed E-state index contributed by atoms with van der Waals surface area (Å²) in [5, 5.41) is 7.18. The molecule has 0 unspecified atom stereocenters. The second-order valence-corrected chi connectivity index (χ2v) is 6.73. The second-order valence-electron chi connectivity index (χ2n) is 5.48. The third-order valence-corrected chi connectivity index (χ3v) is 4.74. The maximum absolute atomic E-state index is 12.5. The van der Waals surface area contributed by atoms with Crippen LogP contribution in [0.3, 0.4) is 0 Å². The standard InChI is InChI=1S/C16H21F2N3O3S/c1-9-7-13(24-16(17)18)14(25-9)15(22)19-8-12-10(2)20-21(11(12)3)5-6-23-4/h7,16H,5-6,8H2,1-4H3,(H,19,22). The zero-order valence-electron chi connectivity index (χ0n) is 14.6. The molecule has 2 aromatic rings. The largest absolute Gasteiger partial charge is 0.433 e. The summed E-state index contributed by atoms with van der Waals surface area (Å²) in [4.78, 5) is 13.2. The third-order valence-electron chi connectivity index (χ3n) is 3.71. The van der Waals surface area contributed by atoms with E-state index in [9.17, 15) is 13.6 Å². The average molecular weight is 373 g/mol. The van der Waals surface area contributed by atoms with Crippen molar-refractivity contribution in [1.82, 2.24) is 15.1 Å². The number of ether oxygens (including phenoxy) is 2. The summed E-state index contributed by atoms with van der Waals surface area (Å²) in [7, 11) is 1.62. The number of aromatic nitrogens is 2. The van der Waals surface area contributed by atoms with Crippen molar-refractivity contribution in [3.05, 3.63) is 32.8 Å². The van der Waals surface area contributed by atoms with Crippen LogP contribution >= 0.6 is 11.3 Å². The predicted molar refractivity (Wildman–Crippen MR) is 90.4 cm³/mol. The van der Waals surface area contributed by atoms with Crippen LogP contribution in [0.1, 0.15) is 31.5 Å². The number of aryl methyl sites for hydroxylation is 2. The van der Waals surface area contributed by atoms with Crippen LogP contribution in [0.2, 0.25) is 0 Å². The van der Waals surface area contributed by atoms with Crippen molar-refractivity contribution in [2.24, 2.45) is 0 Å². The van der Waals surface area contributed by atoms with Gasteiger partial charge in [-0.15, -0.1) is 11.3 Å². The molecule has 0 fully saturated rings. The van der Waals surface area contributed by atoms with Crippen LogP contribution in [-0.2, 0) is 17.8 Å². The molecule has 9 heteroatoms. The van der Waals surface area contributed by atoms with Crippen LogP contribution in [0, 0.1) is 20.8 Å². The van der Waals surface area contributed by atoms with E-state index in [1.54, 1.807) is 14.0 Å². The number of amides is 1. The molecule has 0 saturated carbocycles. The first kappa shape index (κ1) is 19.3. The first-order valence-electron chi connectivity index (χ1n) is 7.68. The number of alkyl halides is 2. The fourth-order valence-electron chi connectivity index (χ4n) is 2.47. The summed E-state index contributed by atoms with van der Waals surface area (Å²) in [5.41, 5.74) is 2.63. The van der Waals surface area contributed by atoms with Gasteiger partial charge in [-0.1, -0.05) is 0 Å². The monoisotopic (exact) mass is 373 g/mol. The van der Waals surface area contributed by atoms with E-state index in [0.717, 1.165) is 33.2 Å². The van der Waals surface area contributed by atoms with Gasteiger partial charge in [0.15, 0.2) is 0 Å². The van der Waals surface area contributed by atoms with Gasteiger partial charge in [-0.2, -0.15) is 13.9 Å². The molecule has 138 valence electrons. The van der Waals surface area contributed by atoms with Crippen LogP contribution in [0.4, 0.5) is 8.78 Å². The SMILES string of the molecule is COCCn1nc(C)c(CNC(=O)c2sc(C)cc2OC(F)F)c1C. The van der Waals surface area contributed by atoms with Gasteiger partial charge < -0.3 is 14.8 Å². The van der Waals surface area contributed by atoms with Crippen LogP contribution in [0.25, 0.3) is 0 Å². The van der Waals surface area contributed by atoms with E-state index >= 15 is 0 Å². The molecule has 2 heterocycles. The lowest BCUT2D eigenvalue weighted by Gasteiger charge is -2.08. The molecule has 0 saturated heterocycles. The molecule has 2 rings (SSSR count). The van der Waals surface area contributed by atoms with Crippen LogP contribution in [-0.4, -0.2) is 36.0 Å². The number of nitrogens with one attached hydrogen (secondary N) is 1. The summed E-state index contributed by atoms with van der Waals surface area (Å²) in [5.74, 6) is -0.545. The summed E-state index contributed by atoms with van der Waals surface area (Å²) < 4.78 is 36.2. The zero-order chi connectivity index (χ0) is 18.6. The number of halogens is 2. The Bertz CT molecular complexity index is 743. The maximum Gasteiger partial charge on any atom is 0.387 e. The molecule has 0 spiro atoms. The minimum Gasteiger partial charge on any atom is -0.433 e. The summed E-state index contributed by atoms with van der Waals surface area (Å²) in [6.07, 6.45) is 0. The smallest absolute Gasteiger partial charge is 0.387 e. The molecule has 0 aliphatic rings. The molecule has 6 nitrogen and oxygen atoms in total. The third kappa shape index (κ3) is 4.76. The molecule has 0 radical (unpaired) electrons. The van der Waals surface area contributed by atoms with E-state index in [1.165, 1.54) is 6.07 Å². The van der Waals surface area contributed by atoms with Gasteiger partial charge in [-0.25, -0.2) is 0 Å². The molecule has 0 aromatic carbocycles. The van der Waals surface area contributed by atoms with E-state index in [1.807, 2.05) is 18.5 Å². The highest BCUT2D eigenvalue weighted by Gasteiger charge is 2.20. The first-order valence-corrected chi connectivity index (χ1v) is 8.50. The van der Waals surface area contributed by atoms with Gasteiger partial charge in [-0.05, 0) is 26.8 Å². The molecular formula is C16H21F2N3O3S. The average Bonchev–Trinajstić information content (AvgIpc) is 3.02. The first-order chi connectivity index (χ1) is 11.8. The highest BCUT2D eigenvalue weighted by molar-refractivity contribution is 7.14. The summed E-state index contributed by atoms with van der Waals surface area (Å²) >= 11 is 1.12. The van der Waals surface area contributed by atoms with Gasteiger partial charge in [0.1, 0.15) is 10.6 Å². The van der Waals surface area contributed by atoms with E-state index in [0.29, 0.717) is 13.2 Å². The van der Waals surface area contributed by atoms with Crippen molar-refractivity contribution in [3.8, 4) is 5.75 Å². The number of hydrogen-bond donors (Lipinski definition) is 1. The summed E-state index contributed by atoms with van der Waals surface area (Å²) in [6.45, 7) is 3.95. The van der Waals surface area contributed by atoms with Crippen molar-refractivity contribution >= 4 is 17.2 Å². The molecule has 25 heavy (non-hydrogen) atoms. The number of rotatable bonds is 8. The van der Waals surface area contributed by atoms with E-state index < -0.39 is 12.5 Å². The Morgan fingerprint density at radius 1 is 1.40 bits per heavy atom. The van der Waals surface area contributed by atoms with Crippen molar-refractivity contribution in [3.63, 3.8) is 0 Å². The Hall–Kier alpha value is -2.00. The Kier molecular flexibility index (Phi) is 6.49. The Labute approximate surface area is 148 Å². The minimum absolute atomic E-state index is 0.0979. The Morgan fingerprint density at radius 2 is 2.12 bits per heavy atom. The molecular weight excluding hydrogens is 352 g/mol. The lowest BCUT2D eigenvalue weighted by atomic mass is 10.2. The van der Waals surface area contributed by atoms with Crippen molar-refractivity contribution < 1.29 is 23.0 Å². The molecule has 1 N–H and O–H groups in total. The number of carbonyl (C=O) groups excluding carboxylic acids is 1. The van der Waals surface area contributed by atoms with Crippen LogP contribution in [0.5, 0.6) is 5.75 Å². The van der Waals surface area contributed by atoms with Crippen molar-refractivity contribution in [2.45, 2.75) is 40.5 Å². The molecule has 1 amide bonds. The van der Waals surface area contributed by atoms with Gasteiger partial charge in [-0.3, -0.25) is 9.48 Å². The Morgan fingerprint density at radius 3 is 2.76 bits per heavy atom. The van der Waals surface area contributed by atoms with Gasteiger partial charge in [0.25, 0.3) is 5.91 Å². The molecule has 0 aliphatic heterocycles. The van der Waals surface area contributed by atoms with Gasteiger partial charge in [0.2, 0.25) is 0 Å². The minimum atomic E-state index is -2.97. The van der Waals surface area contributed by atoms with Gasteiger partial charge in [0, 0.05) is 29.8 Å². The molecule has 0 bridgehead atoms. The molecule has 2 aromatic heterocycles. The highest BCUT2D eigenvalue weighted by Crippen LogP contribution is 2.30. The predicted octanol–water partition coefficient (Wildman–Crippen LogP) is 3.05. The lowest BCUT2D eigenvalue weighted by Crippen LogP contribution is -2.23. The molecule has 0 aliphatic carbocycles. The Balaban J connectivity index is 2.09. The number of carbonyl (C=O) groups is 1. The van der Waals surface area contributed by atoms with E-state index in [-0.39, 0.29) is 17.2 Å². The number of methoxy groups -OCH3 is 1. The van der Waals surface area contributed by atoms with Crippen molar-refractivity contribution in [1.29, 1.82) is 0 Å². The number of nitrogens with zero attached hydrogens (tertiary/aromatic N) is 2. The zero-order valence-corrected chi connectivity index (χ0v) is 15.4. The van der Waals surface area contributed by atoms with E-state index in [2.05, 4.69) is 15.2 Å². The second kappa shape index (κ2) is 8.39. The molecule has 0 atom stereocenters. The van der Waals surface area contributed by atoms with E-state index in [4.69, 9.17) is 4.74 Å². The van der Waals surface area contributed by atoms with Gasteiger partial charge in [0.05, 0.1) is 18.8 Å². The quantitative estimate of drug-likeness (QED) is 0.772. The number of hydrogen-bond acceptors (Lipinski definition) is 5. The summed E-state index contributed by atoms with van der Waals surface area (Å²) in [6, 6.07) is 1.44. The lowest BCUT2D eigenvalue weighted by molar-refractivity contribution is -0.0498. The fraction of sp³-hybridized carbons (Fsp3) is 0.500. The van der Waals surface area contributed by atoms with Crippen LogP contribution < -0.4 is 10.1 Å². The topological polar surface area (TPSA) is 65.4 Å². The van der Waals surface area contributed by atoms with Gasteiger partial charge >= 0.3 is 6.61 Å². The van der Waals surface area contributed by atoms with Crippen LogP contribution in [0.15, 0.2) is 6.07 Å². The highest BCUT2D eigenvalue weighted by atomic mass is 32.1. The number of thiophene rings is 1. The normalized spacial score (nSPS) is 11.2. The fourth-order valence-corrected chi connectivity index (χ4v) is 3.33. The maximum atomic E-state index is 12.5. The van der Waals surface area contributed by atoms with Crippen molar-refractivity contribution in [2.75, 3.05) is 13.7 Å².